The van der Waals surface area contributed by atoms with Crippen LogP contribution >= 0.6 is 11.3 Å². The van der Waals surface area contributed by atoms with Crippen molar-refractivity contribution in [3.8, 4) is 0 Å². The van der Waals surface area contributed by atoms with Crippen molar-refractivity contribution in [3.05, 3.63) is 16.6 Å². The fourth-order valence-electron chi connectivity index (χ4n) is 1.10. The number of nitrogens with one attached hydrogen (secondary N) is 2. The first kappa shape index (κ1) is 10.6. The van der Waals surface area contributed by atoms with Gasteiger partial charge in [0.15, 0.2) is 0 Å². The highest BCUT2D eigenvalue weighted by Crippen LogP contribution is 2.15. The van der Waals surface area contributed by atoms with E-state index < -0.39 is 0 Å². The molecule has 0 saturated carbocycles. The van der Waals surface area contributed by atoms with Crippen molar-refractivity contribution < 1.29 is 0 Å². The molecule has 4 heteroatoms. The average molecular weight is 199 g/mol. The molecule has 0 aromatic carbocycles. The molecule has 0 spiro atoms. The van der Waals surface area contributed by atoms with Crippen molar-refractivity contribution in [2.45, 2.75) is 12.8 Å². The zero-order valence-corrected chi connectivity index (χ0v) is 9.03. The Morgan fingerprint density at radius 3 is 3.00 bits per heavy atom. The molecule has 0 bridgehead atoms. The van der Waals surface area contributed by atoms with Gasteiger partial charge in [0.25, 0.3) is 0 Å². The van der Waals surface area contributed by atoms with E-state index >= 15 is 0 Å². The van der Waals surface area contributed by atoms with Gasteiger partial charge in [-0.05, 0) is 7.05 Å². The van der Waals surface area contributed by atoms with Crippen LogP contribution in [0, 0.1) is 0 Å². The highest BCUT2D eigenvalue weighted by atomic mass is 32.1. The summed E-state index contributed by atoms with van der Waals surface area (Å²) in [5.74, 6) is 0.525. The summed E-state index contributed by atoms with van der Waals surface area (Å²) in [6.45, 7) is 5.25. The van der Waals surface area contributed by atoms with Crippen LogP contribution in [0.1, 0.15) is 17.8 Å². The van der Waals surface area contributed by atoms with E-state index in [4.69, 9.17) is 0 Å². The Bertz CT molecular complexity index is 211. The monoisotopic (exact) mass is 199 g/mol. The lowest BCUT2D eigenvalue weighted by Crippen LogP contribution is -2.27. The molecule has 74 valence electrons. The summed E-state index contributed by atoms with van der Waals surface area (Å²) >= 11 is 1.73. The summed E-state index contributed by atoms with van der Waals surface area (Å²) in [6.07, 6.45) is 1.87. The number of aromatic nitrogens is 1. The topological polar surface area (TPSA) is 37.0 Å². The molecule has 1 atom stereocenters. The molecule has 0 aliphatic heterocycles. The lowest BCUT2D eigenvalue weighted by molar-refractivity contribution is 0.597. The number of hydrogen-bond donors (Lipinski definition) is 2. The minimum absolute atomic E-state index is 0.525. The Morgan fingerprint density at radius 2 is 2.38 bits per heavy atom. The summed E-state index contributed by atoms with van der Waals surface area (Å²) in [5.41, 5.74) is 0. The van der Waals surface area contributed by atoms with Crippen LogP contribution in [-0.2, 0) is 0 Å². The van der Waals surface area contributed by atoms with Crippen molar-refractivity contribution in [2.24, 2.45) is 0 Å². The molecule has 0 radical (unpaired) electrons. The summed E-state index contributed by atoms with van der Waals surface area (Å²) in [5, 5.41) is 9.73. The molecule has 1 unspecified atom stereocenters. The highest BCUT2D eigenvalue weighted by molar-refractivity contribution is 7.09. The van der Waals surface area contributed by atoms with Crippen molar-refractivity contribution >= 4 is 11.3 Å². The molecule has 2 N–H and O–H groups in total. The third-order valence-corrected chi connectivity index (χ3v) is 2.88. The molecule has 13 heavy (non-hydrogen) atoms. The lowest BCUT2D eigenvalue weighted by Gasteiger charge is -2.09. The molecule has 0 saturated heterocycles. The first-order valence-corrected chi connectivity index (χ1v) is 5.47. The van der Waals surface area contributed by atoms with Crippen LogP contribution in [0.4, 0.5) is 0 Å². The summed E-state index contributed by atoms with van der Waals surface area (Å²) in [7, 11) is 1.96. The largest absolute Gasteiger partial charge is 0.318 e. The van der Waals surface area contributed by atoms with Gasteiger partial charge in [0.2, 0.25) is 0 Å². The highest BCUT2D eigenvalue weighted by Gasteiger charge is 2.06. The van der Waals surface area contributed by atoms with Gasteiger partial charge in [-0.3, -0.25) is 0 Å². The second-order valence-electron chi connectivity index (χ2n) is 3.08. The third kappa shape index (κ3) is 3.85. The SMILES string of the molecule is CNCCNCC(C)c1nccs1. The van der Waals surface area contributed by atoms with Crippen molar-refractivity contribution in [1.82, 2.24) is 15.6 Å². The van der Waals surface area contributed by atoms with Crippen LogP contribution in [0.25, 0.3) is 0 Å². The van der Waals surface area contributed by atoms with E-state index in [0.717, 1.165) is 19.6 Å². The molecular formula is C9H17N3S. The molecule has 0 aliphatic carbocycles. The van der Waals surface area contributed by atoms with E-state index in [9.17, 15) is 0 Å². The van der Waals surface area contributed by atoms with Crippen molar-refractivity contribution in [3.63, 3.8) is 0 Å². The van der Waals surface area contributed by atoms with Crippen molar-refractivity contribution in [1.29, 1.82) is 0 Å². The van der Waals surface area contributed by atoms with Crippen molar-refractivity contribution in [2.75, 3.05) is 26.7 Å². The van der Waals surface area contributed by atoms with Gasteiger partial charge in [-0.2, -0.15) is 0 Å². The Balaban J connectivity index is 2.15. The number of rotatable bonds is 6. The standard InChI is InChI=1S/C9H17N3S/c1-8(7-11-4-3-10-2)9-12-5-6-13-9/h5-6,8,10-11H,3-4,7H2,1-2H3. The normalized spacial score (nSPS) is 13.1. The van der Waals surface area contributed by atoms with E-state index in [0.29, 0.717) is 5.92 Å². The maximum atomic E-state index is 4.28. The third-order valence-electron chi connectivity index (χ3n) is 1.88. The van der Waals surface area contributed by atoms with Gasteiger partial charge in [-0.15, -0.1) is 11.3 Å². The zero-order valence-electron chi connectivity index (χ0n) is 8.21. The van der Waals surface area contributed by atoms with Crippen LogP contribution in [0.2, 0.25) is 0 Å². The quantitative estimate of drug-likeness (QED) is 0.673. The van der Waals surface area contributed by atoms with Gasteiger partial charge in [0.1, 0.15) is 0 Å². The lowest BCUT2D eigenvalue weighted by atomic mass is 10.2. The Labute approximate surface area is 83.6 Å². The fourth-order valence-corrected chi connectivity index (χ4v) is 1.80. The van der Waals surface area contributed by atoms with Crippen LogP contribution in [0.15, 0.2) is 11.6 Å². The van der Waals surface area contributed by atoms with E-state index in [1.54, 1.807) is 11.3 Å². The minimum atomic E-state index is 0.525. The zero-order chi connectivity index (χ0) is 9.52. The smallest absolute Gasteiger partial charge is 0.0965 e. The van der Waals surface area contributed by atoms with Crippen LogP contribution in [0.5, 0.6) is 0 Å². The molecule has 1 heterocycles. The molecule has 0 fully saturated rings. The van der Waals surface area contributed by atoms with Gasteiger partial charge in [0, 0.05) is 37.1 Å². The molecule has 0 aliphatic rings. The molecule has 1 aromatic heterocycles. The molecule has 0 amide bonds. The second-order valence-corrected chi connectivity index (χ2v) is 4.01. The molecule has 3 nitrogen and oxygen atoms in total. The van der Waals surface area contributed by atoms with E-state index in [2.05, 4.69) is 22.5 Å². The first-order chi connectivity index (χ1) is 6.34. The molecule has 1 rings (SSSR count). The second kappa shape index (κ2) is 6.07. The number of nitrogens with zero attached hydrogens (tertiary/aromatic N) is 1. The van der Waals surface area contributed by atoms with E-state index in [-0.39, 0.29) is 0 Å². The van der Waals surface area contributed by atoms with Gasteiger partial charge in [0.05, 0.1) is 5.01 Å². The molecule has 1 aromatic rings. The Morgan fingerprint density at radius 1 is 1.54 bits per heavy atom. The van der Waals surface area contributed by atoms with Gasteiger partial charge >= 0.3 is 0 Å². The van der Waals surface area contributed by atoms with Gasteiger partial charge in [-0.1, -0.05) is 6.92 Å². The predicted octanol–water partition coefficient (Wildman–Crippen LogP) is 1.06. The van der Waals surface area contributed by atoms with Crippen LogP contribution in [0.3, 0.4) is 0 Å². The maximum absolute atomic E-state index is 4.28. The molecular weight excluding hydrogens is 182 g/mol. The Kier molecular flexibility index (Phi) is 4.97. The fraction of sp³-hybridized carbons (Fsp3) is 0.667. The Hall–Kier alpha value is -0.450. The van der Waals surface area contributed by atoms with E-state index in [1.165, 1.54) is 5.01 Å². The number of likely N-dealkylation sites (N-methyl/N-ethyl adjacent to an activating group) is 1. The van der Waals surface area contributed by atoms with E-state index in [1.807, 2.05) is 18.6 Å². The summed E-state index contributed by atoms with van der Waals surface area (Å²) in [6, 6.07) is 0. The van der Waals surface area contributed by atoms with Crippen LogP contribution in [-0.4, -0.2) is 31.7 Å². The predicted molar refractivity (Wildman–Crippen MR) is 57.3 cm³/mol. The van der Waals surface area contributed by atoms with Crippen LogP contribution < -0.4 is 10.6 Å². The van der Waals surface area contributed by atoms with Gasteiger partial charge in [-0.25, -0.2) is 4.98 Å². The summed E-state index contributed by atoms with van der Waals surface area (Å²) < 4.78 is 0. The minimum Gasteiger partial charge on any atom is -0.318 e. The first-order valence-electron chi connectivity index (χ1n) is 4.59. The average Bonchev–Trinajstić information content (AvgIpc) is 2.65. The number of hydrogen-bond acceptors (Lipinski definition) is 4. The maximum Gasteiger partial charge on any atom is 0.0965 e. The van der Waals surface area contributed by atoms with Gasteiger partial charge < -0.3 is 10.6 Å². The number of thiazole rings is 1. The summed E-state index contributed by atoms with van der Waals surface area (Å²) in [4.78, 5) is 4.28.